The molecule has 0 spiro atoms. The zero-order valence-corrected chi connectivity index (χ0v) is 12.4. The van der Waals surface area contributed by atoms with E-state index in [0.29, 0.717) is 28.6 Å². The summed E-state index contributed by atoms with van der Waals surface area (Å²) in [6.07, 6.45) is 1.36. The summed E-state index contributed by atoms with van der Waals surface area (Å²) in [5, 5.41) is 14.1. The summed E-state index contributed by atoms with van der Waals surface area (Å²) >= 11 is 12.2. The Hall–Kier alpha value is -0.970. The quantitative estimate of drug-likeness (QED) is 0.881. The number of hydrogen-bond acceptors (Lipinski definition) is 3. The molecular formula is C14H16Cl2N2O2. The molecule has 1 aromatic rings. The number of carbonyl (C=O) groups is 1. The Balaban J connectivity index is 1.86. The number of amides is 1. The molecule has 0 radical (unpaired) electrons. The highest BCUT2D eigenvalue weighted by Gasteiger charge is 2.38. The maximum atomic E-state index is 12.2. The minimum atomic E-state index is -0.0886. The number of halogens is 2. The van der Waals surface area contributed by atoms with Crippen LogP contribution in [0.25, 0.3) is 0 Å². The van der Waals surface area contributed by atoms with Gasteiger partial charge in [-0.05, 0) is 25.1 Å². The number of nitrogens with zero attached hydrogens (tertiary/aromatic N) is 1. The number of hydrogen-bond donors (Lipinski definition) is 2. The molecule has 1 amide bonds. The van der Waals surface area contributed by atoms with Crippen LogP contribution in [0.1, 0.15) is 24.3 Å². The molecule has 2 atom stereocenters. The third kappa shape index (κ3) is 2.36. The van der Waals surface area contributed by atoms with E-state index in [9.17, 15) is 9.90 Å². The van der Waals surface area contributed by atoms with Gasteiger partial charge >= 0.3 is 0 Å². The van der Waals surface area contributed by atoms with Crippen LogP contribution in [0.2, 0.25) is 10.0 Å². The minimum absolute atomic E-state index is 0.0886. The van der Waals surface area contributed by atoms with Crippen LogP contribution < -0.4 is 5.32 Å². The molecule has 2 heterocycles. The number of phenolic OH excluding ortho intramolecular Hbond substituents is 1. The van der Waals surface area contributed by atoms with Gasteiger partial charge in [-0.3, -0.25) is 4.79 Å². The van der Waals surface area contributed by atoms with Crippen LogP contribution in [0.4, 0.5) is 0 Å². The molecule has 6 heteroatoms. The van der Waals surface area contributed by atoms with E-state index < -0.39 is 0 Å². The van der Waals surface area contributed by atoms with E-state index in [-0.39, 0.29) is 23.6 Å². The fraction of sp³-hybridized carbons (Fsp3) is 0.500. The Labute approximate surface area is 127 Å². The van der Waals surface area contributed by atoms with Crippen molar-refractivity contribution in [3.8, 4) is 5.75 Å². The first-order valence-corrected chi connectivity index (χ1v) is 7.50. The lowest BCUT2D eigenvalue weighted by Crippen LogP contribution is -2.37. The second-order valence-corrected chi connectivity index (χ2v) is 6.17. The first kappa shape index (κ1) is 14.0. The second kappa shape index (κ2) is 5.43. The van der Waals surface area contributed by atoms with E-state index in [2.05, 4.69) is 5.32 Å². The monoisotopic (exact) mass is 314 g/mol. The van der Waals surface area contributed by atoms with E-state index in [4.69, 9.17) is 23.2 Å². The van der Waals surface area contributed by atoms with Crippen molar-refractivity contribution in [2.24, 2.45) is 0 Å². The van der Waals surface area contributed by atoms with Gasteiger partial charge in [0.1, 0.15) is 5.75 Å². The van der Waals surface area contributed by atoms with Gasteiger partial charge in [-0.15, -0.1) is 0 Å². The third-order valence-corrected chi connectivity index (χ3v) is 4.97. The molecule has 0 bridgehead atoms. The molecule has 2 fully saturated rings. The van der Waals surface area contributed by atoms with Crippen molar-refractivity contribution >= 4 is 29.1 Å². The molecule has 4 nitrogen and oxygen atoms in total. The summed E-state index contributed by atoms with van der Waals surface area (Å²) in [6.45, 7) is 2.38. The lowest BCUT2D eigenvalue weighted by molar-refractivity contribution is -0.129. The minimum Gasteiger partial charge on any atom is -0.508 e. The first-order chi connectivity index (χ1) is 9.58. The maximum Gasteiger partial charge on any atom is 0.223 e. The van der Waals surface area contributed by atoms with Crippen molar-refractivity contribution < 1.29 is 9.90 Å². The van der Waals surface area contributed by atoms with Crippen molar-refractivity contribution in [3.05, 3.63) is 27.7 Å². The lowest BCUT2D eigenvalue weighted by Gasteiger charge is -2.24. The Bertz CT molecular complexity index is 544. The normalized spacial score (nSPS) is 26.5. The summed E-state index contributed by atoms with van der Waals surface area (Å²) in [4.78, 5) is 14.1. The number of carbonyl (C=O) groups excluding carboxylic acids is 1. The Kier molecular flexibility index (Phi) is 3.80. The summed E-state index contributed by atoms with van der Waals surface area (Å²) in [7, 11) is 0. The number of benzene rings is 1. The zero-order chi connectivity index (χ0) is 14.3. The summed E-state index contributed by atoms with van der Waals surface area (Å²) in [5.41, 5.74) is 0.598. The molecule has 0 aliphatic carbocycles. The standard InChI is InChI=1S/C14H16Cl2N2O2/c15-10-1-2-11(19)13(14(10)16)8-5-12(20)18(7-8)9-3-4-17-6-9/h1-2,8-9,17,19H,3-7H2/t8-,9-/m1/s1. The predicted octanol–water partition coefficient (Wildman–Crippen LogP) is 2.38. The Morgan fingerprint density at radius 2 is 2.15 bits per heavy atom. The number of nitrogens with one attached hydrogen (secondary N) is 1. The Morgan fingerprint density at radius 3 is 2.85 bits per heavy atom. The van der Waals surface area contributed by atoms with Crippen molar-refractivity contribution in [2.45, 2.75) is 24.8 Å². The van der Waals surface area contributed by atoms with Crippen molar-refractivity contribution in [1.82, 2.24) is 10.2 Å². The predicted molar refractivity (Wildman–Crippen MR) is 78.5 cm³/mol. The molecule has 0 unspecified atom stereocenters. The van der Waals surface area contributed by atoms with E-state index >= 15 is 0 Å². The summed E-state index contributed by atoms with van der Waals surface area (Å²) < 4.78 is 0. The average Bonchev–Trinajstić information content (AvgIpc) is 3.04. The van der Waals surface area contributed by atoms with Gasteiger partial charge in [0, 0.05) is 37.0 Å². The van der Waals surface area contributed by atoms with E-state index in [1.807, 2.05) is 4.90 Å². The second-order valence-electron chi connectivity index (χ2n) is 5.39. The van der Waals surface area contributed by atoms with Crippen LogP contribution in [-0.4, -0.2) is 41.6 Å². The van der Waals surface area contributed by atoms with Crippen molar-refractivity contribution in [1.29, 1.82) is 0 Å². The van der Waals surface area contributed by atoms with Crippen molar-refractivity contribution in [2.75, 3.05) is 19.6 Å². The number of phenols is 1. The molecule has 0 aromatic heterocycles. The van der Waals surface area contributed by atoms with Crippen LogP contribution in [0.15, 0.2) is 12.1 Å². The maximum absolute atomic E-state index is 12.2. The van der Waals surface area contributed by atoms with Gasteiger partial charge in [0.2, 0.25) is 5.91 Å². The van der Waals surface area contributed by atoms with Gasteiger partial charge < -0.3 is 15.3 Å². The van der Waals surface area contributed by atoms with Gasteiger partial charge in [0.25, 0.3) is 0 Å². The molecule has 20 heavy (non-hydrogen) atoms. The van der Waals surface area contributed by atoms with E-state index in [1.54, 1.807) is 6.07 Å². The van der Waals surface area contributed by atoms with Gasteiger partial charge in [-0.1, -0.05) is 23.2 Å². The molecule has 2 N–H and O–H groups in total. The van der Waals surface area contributed by atoms with Gasteiger partial charge in [0.05, 0.1) is 10.0 Å². The molecule has 2 aliphatic rings. The van der Waals surface area contributed by atoms with Crippen molar-refractivity contribution in [3.63, 3.8) is 0 Å². The van der Waals surface area contributed by atoms with Crippen LogP contribution in [0.5, 0.6) is 5.75 Å². The molecule has 2 saturated heterocycles. The number of likely N-dealkylation sites (tertiary alicyclic amines) is 1. The van der Waals surface area contributed by atoms with Gasteiger partial charge in [-0.25, -0.2) is 0 Å². The fourth-order valence-corrected chi connectivity index (χ4v) is 3.61. The Morgan fingerprint density at radius 1 is 1.35 bits per heavy atom. The fourth-order valence-electron chi connectivity index (χ4n) is 3.13. The molecule has 3 rings (SSSR count). The largest absolute Gasteiger partial charge is 0.508 e. The third-order valence-electron chi connectivity index (χ3n) is 4.15. The first-order valence-electron chi connectivity index (χ1n) is 6.75. The number of aromatic hydroxyl groups is 1. The highest BCUT2D eigenvalue weighted by molar-refractivity contribution is 6.42. The van der Waals surface area contributed by atoms with E-state index in [1.165, 1.54) is 6.07 Å². The molecular weight excluding hydrogens is 299 g/mol. The lowest BCUT2D eigenvalue weighted by atomic mass is 9.97. The average molecular weight is 315 g/mol. The zero-order valence-electron chi connectivity index (χ0n) is 10.9. The summed E-state index contributed by atoms with van der Waals surface area (Å²) in [5.74, 6) is 0.150. The van der Waals surface area contributed by atoms with Gasteiger partial charge in [-0.2, -0.15) is 0 Å². The topological polar surface area (TPSA) is 52.6 Å². The highest BCUT2D eigenvalue weighted by atomic mass is 35.5. The van der Waals surface area contributed by atoms with Crippen LogP contribution in [0, 0.1) is 0 Å². The number of rotatable bonds is 2. The van der Waals surface area contributed by atoms with Crippen LogP contribution in [0.3, 0.4) is 0 Å². The smallest absolute Gasteiger partial charge is 0.223 e. The molecule has 1 aromatic carbocycles. The molecule has 108 valence electrons. The van der Waals surface area contributed by atoms with E-state index in [0.717, 1.165) is 19.5 Å². The van der Waals surface area contributed by atoms with Gasteiger partial charge in [0.15, 0.2) is 0 Å². The summed E-state index contributed by atoms with van der Waals surface area (Å²) in [6, 6.07) is 3.36. The molecule has 2 aliphatic heterocycles. The van der Waals surface area contributed by atoms with Crippen LogP contribution >= 0.6 is 23.2 Å². The highest BCUT2D eigenvalue weighted by Crippen LogP contribution is 2.42. The molecule has 0 saturated carbocycles. The van der Waals surface area contributed by atoms with Crippen LogP contribution in [-0.2, 0) is 4.79 Å². The SMILES string of the molecule is O=C1C[C@@H](c2c(O)ccc(Cl)c2Cl)CN1[C@@H]1CCNC1.